The molecule has 0 aliphatic heterocycles. The van der Waals surface area contributed by atoms with Crippen molar-refractivity contribution in [2.45, 2.75) is 33.9 Å². The molecule has 0 spiro atoms. The summed E-state index contributed by atoms with van der Waals surface area (Å²) in [7, 11) is 0. The fraction of sp³-hybridized carbons (Fsp3) is 0.571. The van der Waals surface area contributed by atoms with Crippen molar-refractivity contribution >= 4 is 0 Å². The van der Waals surface area contributed by atoms with Gasteiger partial charge < -0.3 is 5.73 Å². The van der Waals surface area contributed by atoms with Gasteiger partial charge in [-0.25, -0.2) is 4.39 Å². The van der Waals surface area contributed by atoms with Crippen LogP contribution in [-0.4, -0.2) is 6.54 Å². The molecule has 2 N–H and O–H groups in total. The molecule has 2 unspecified atom stereocenters. The first-order chi connectivity index (χ1) is 7.45. The summed E-state index contributed by atoms with van der Waals surface area (Å²) in [6.45, 7) is 8.43. The molecule has 0 fully saturated rings. The lowest BCUT2D eigenvalue weighted by molar-refractivity contribution is 0.188. The molecule has 0 amide bonds. The second-order valence-corrected chi connectivity index (χ2v) is 4.97. The summed E-state index contributed by atoms with van der Waals surface area (Å²) < 4.78 is 14.3. The third kappa shape index (κ3) is 3.05. The maximum absolute atomic E-state index is 14.3. The van der Waals surface area contributed by atoms with Gasteiger partial charge in [-0.2, -0.15) is 0 Å². The summed E-state index contributed by atoms with van der Waals surface area (Å²) in [6, 6.07) is 5.90. The van der Waals surface area contributed by atoms with Crippen molar-refractivity contribution in [1.29, 1.82) is 0 Å². The predicted octanol–water partition coefficient (Wildman–Crippen LogP) is 3.54. The maximum atomic E-state index is 14.3. The number of benzene rings is 1. The van der Waals surface area contributed by atoms with Crippen LogP contribution in [-0.2, 0) is 0 Å². The first-order valence-electron chi connectivity index (χ1n) is 5.88. The quantitative estimate of drug-likeness (QED) is 0.830. The highest BCUT2D eigenvalue weighted by molar-refractivity contribution is 5.30. The molecular weight excluding hydrogens is 201 g/mol. The second kappa shape index (κ2) is 5.44. The van der Waals surface area contributed by atoms with Gasteiger partial charge in [0.1, 0.15) is 6.17 Å². The highest BCUT2D eigenvalue weighted by Crippen LogP contribution is 2.31. The average Bonchev–Trinajstić information content (AvgIpc) is 2.16. The van der Waals surface area contributed by atoms with Gasteiger partial charge in [0.25, 0.3) is 0 Å². The molecule has 0 aliphatic rings. The fourth-order valence-electron chi connectivity index (χ4n) is 2.15. The standard InChI is InChI=1S/C14H22FN/c1-9(2)13(8-16)14(15)12-6-10(3)5-11(4)7-12/h5-7,9,13-14H,8,16H2,1-4H3. The molecule has 0 saturated heterocycles. The van der Waals surface area contributed by atoms with E-state index in [1.807, 2.05) is 39.8 Å². The summed E-state index contributed by atoms with van der Waals surface area (Å²) in [4.78, 5) is 0. The molecule has 0 radical (unpaired) electrons. The fourth-order valence-corrected chi connectivity index (χ4v) is 2.15. The Labute approximate surface area is 97.9 Å². The van der Waals surface area contributed by atoms with Crippen LogP contribution >= 0.6 is 0 Å². The third-order valence-electron chi connectivity index (χ3n) is 3.07. The summed E-state index contributed by atoms with van der Waals surface area (Å²) in [5.74, 6) is 0.169. The topological polar surface area (TPSA) is 26.0 Å². The Kier molecular flexibility index (Phi) is 4.48. The Morgan fingerprint density at radius 3 is 2.00 bits per heavy atom. The lowest BCUT2D eigenvalue weighted by Gasteiger charge is -2.23. The van der Waals surface area contributed by atoms with Crippen molar-refractivity contribution in [3.8, 4) is 0 Å². The van der Waals surface area contributed by atoms with Crippen LogP contribution in [0.15, 0.2) is 18.2 Å². The predicted molar refractivity (Wildman–Crippen MR) is 67.1 cm³/mol. The zero-order valence-corrected chi connectivity index (χ0v) is 10.6. The first kappa shape index (κ1) is 13.2. The molecule has 0 aliphatic carbocycles. The Morgan fingerprint density at radius 2 is 1.62 bits per heavy atom. The molecule has 1 nitrogen and oxygen atoms in total. The van der Waals surface area contributed by atoms with E-state index in [0.717, 1.165) is 16.7 Å². The normalized spacial score (nSPS) is 15.2. The number of aryl methyl sites for hydroxylation is 2. The summed E-state index contributed by atoms with van der Waals surface area (Å²) in [6.07, 6.45) is -0.955. The number of hydrogen-bond acceptors (Lipinski definition) is 1. The van der Waals surface area contributed by atoms with Gasteiger partial charge in [0.2, 0.25) is 0 Å². The van der Waals surface area contributed by atoms with Gasteiger partial charge in [0, 0.05) is 5.92 Å². The van der Waals surface area contributed by atoms with E-state index in [2.05, 4.69) is 6.07 Å². The van der Waals surface area contributed by atoms with Crippen LogP contribution in [0.5, 0.6) is 0 Å². The highest BCUT2D eigenvalue weighted by Gasteiger charge is 2.24. The number of rotatable bonds is 4. The third-order valence-corrected chi connectivity index (χ3v) is 3.07. The molecule has 2 atom stereocenters. The zero-order valence-electron chi connectivity index (χ0n) is 10.6. The van der Waals surface area contributed by atoms with E-state index in [4.69, 9.17) is 5.73 Å². The summed E-state index contributed by atoms with van der Waals surface area (Å²) in [5.41, 5.74) is 8.63. The van der Waals surface area contributed by atoms with Gasteiger partial charge in [-0.05, 0) is 31.9 Å². The zero-order chi connectivity index (χ0) is 12.3. The lowest BCUT2D eigenvalue weighted by Crippen LogP contribution is -2.24. The minimum Gasteiger partial charge on any atom is -0.330 e. The van der Waals surface area contributed by atoms with Crippen molar-refractivity contribution in [2.75, 3.05) is 6.54 Å². The molecule has 1 rings (SSSR count). The molecule has 0 saturated carbocycles. The molecule has 1 aromatic rings. The minimum atomic E-state index is -0.955. The summed E-state index contributed by atoms with van der Waals surface area (Å²) >= 11 is 0. The maximum Gasteiger partial charge on any atom is 0.129 e. The Balaban J connectivity index is 2.98. The number of halogens is 1. The van der Waals surface area contributed by atoms with Gasteiger partial charge in [0.05, 0.1) is 0 Å². The second-order valence-electron chi connectivity index (χ2n) is 4.97. The van der Waals surface area contributed by atoms with Crippen LogP contribution in [0.2, 0.25) is 0 Å². The number of alkyl halides is 1. The molecule has 90 valence electrons. The minimum absolute atomic E-state index is 0.0961. The SMILES string of the molecule is Cc1cc(C)cc(C(F)C(CN)C(C)C)c1. The van der Waals surface area contributed by atoms with E-state index < -0.39 is 6.17 Å². The Morgan fingerprint density at radius 1 is 1.12 bits per heavy atom. The van der Waals surface area contributed by atoms with Gasteiger partial charge >= 0.3 is 0 Å². The van der Waals surface area contributed by atoms with E-state index in [9.17, 15) is 4.39 Å². The van der Waals surface area contributed by atoms with Crippen molar-refractivity contribution < 1.29 is 4.39 Å². The molecular formula is C14H22FN. The number of hydrogen-bond donors (Lipinski definition) is 1. The molecule has 0 heterocycles. The van der Waals surface area contributed by atoms with Crippen LogP contribution in [0.1, 0.15) is 36.7 Å². The van der Waals surface area contributed by atoms with Crippen molar-refractivity contribution in [1.82, 2.24) is 0 Å². The van der Waals surface area contributed by atoms with Gasteiger partial charge in [0.15, 0.2) is 0 Å². The Bertz CT molecular complexity index is 326. The molecule has 16 heavy (non-hydrogen) atoms. The monoisotopic (exact) mass is 223 g/mol. The number of nitrogens with two attached hydrogens (primary N) is 1. The van der Waals surface area contributed by atoms with E-state index >= 15 is 0 Å². The largest absolute Gasteiger partial charge is 0.330 e. The summed E-state index contributed by atoms with van der Waals surface area (Å²) in [5, 5.41) is 0. The van der Waals surface area contributed by atoms with Crippen LogP contribution in [0, 0.1) is 25.7 Å². The van der Waals surface area contributed by atoms with Gasteiger partial charge in [-0.1, -0.05) is 43.2 Å². The average molecular weight is 223 g/mol. The van der Waals surface area contributed by atoms with Crippen molar-refractivity contribution in [3.05, 3.63) is 34.9 Å². The van der Waals surface area contributed by atoms with Crippen LogP contribution < -0.4 is 5.73 Å². The lowest BCUT2D eigenvalue weighted by atomic mass is 9.87. The van der Waals surface area contributed by atoms with Gasteiger partial charge in [-0.15, -0.1) is 0 Å². The van der Waals surface area contributed by atoms with Crippen LogP contribution in [0.4, 0.5) is 4.39 Å². The molecule has 2 heteroatoms. The Hall–Kier alpha value is -0.890. The molecule has 0 bridgehead atoms. The van der Waals surface area contributed by atoms with Crippen molar-refractivity contribution in [3.63, 3.8) is 0 Å². The smallest absolute Gasteiger partial charge is 0.129 e. The van der Waals surface area contributed by atoms with E-state index in [-0.39, 0.29) is 11.8 Å². The van der Waals surface area contributed by atoms with Crippen molar-refractivity contribution in [2.24, 2.45) is 17.6 Å². The van der Waals surface area contributed by atoms with Gasteiger partial charge in [-0.3, -0.25) is 0 Å². The highest BCUT2D eigenvalue weighted by atomic mass is 19.1. The molecule has 1 aromatic carbocycles. The van der Waals surface area contributed by atoms with E-state index in [0.29, 0.717) is 6.54 Å². The van der Waals surface area contributed by atoms with E-state index in [1.54, 1.807) is 0 Å². The van der Waals surface area contributed by atoms with Crippen LogP contribution in [0.25, 0.3) is 0 Å². The molecule has 0 aromatic heterocycles. The first-order valence-corrected chi connectivity index (χ1v) is 5.88. The van der Waals surface area contributed by atoms with E-state index in [1.165, 1.54) is 0 Å². The van der Waals surface area contributed by atoms with Crippen LogP contribution in [0.3, 0.4) is 0 Å².